The highest BCUT2D eigenvalue weighted by Crippen LogP contribution is 2.17. The number of hydrogen-bond acceptors (Lipinski definition) is 2. The van der Waals surface area contributed by atoms with Crippen LogP contribution >= 0.6 is 12.2 Å². The lowest BCUT2D eigenvalue weighted by molar-refractivity contribution is 0.265. The molecule has 0 aromatic heterocycles. The summed E-state index contributed by atoms with van der Waals surface area (Å²) in [7, 11) is 0. The van der Waals surface area contributed by atoms with Crippen molar-refractivity contribution in [1.29, 1.82) is 0 Å². The summed E-state index contributed by atoms with van der Waals surface area (Å²) in [6, 6.07) is 0.662. The van der Waals surface area contributed by atoms with Gasteiger partial charge in [-0.1, -0.05) is 0 Å². The van der Waals surface area contributed by atoms with Crippen LogP contribution in [0.2, 0.25) is 0 Å². The zero-order valence-corrected chi connectivity index (χ0v) is 9.23. The quantitative estimate of drug-likeness (QED) is 0.654. The van der Waals surface area contributed by atoms with E-state index in [1.54, 1.807) is 0 Å². The summed E-state index contributed by atoms with van der Waals surface area (Å²) in [4.78, 5) is 2.49. The average molecular weight is 201 g/mol. The lowest BCUT2D eigenvalue weighted by Crippen LogP contribution is -2.35. The zero-order chi connectivity index (χ0) is 9.84. The van der Waals surface area contributed by atoms with Gasteiger partial charge >= 0.3 is 0 Å². The Labute approximate surface area is 85.7 Å². The van der Waals surface area contributed by atoms with Crippen LogP contribution in [0.5, 0.6) is 0 Å². The van der Waals surface area contributed by atoms with Crippen LogP contribution in [-0.4, -0.2) is 35.7 Å². The molecular formula is C9H19N3S. The van der Waals surface area contributed by atoms with Crippen LogP contribution < -0.4 is 11.1 Å². The van der Waals surface area contributed by atoms with Gasteiger partial charge in [-0.2, -0.15) is 0 Å². The Balaban J connectivity index is 2.21. The van der Waals surface area contributed by atoms with E-state index < -0.39 is 0 Å². The second kappa shape index (κ2) is 4.77. The molecule has 0 saturated carbocycles. The Morgan fingerprint density at radius 2 is 2.38 bits per heavy atom. The van der Waals surface area contributed by atoms with Crippen molar-refractivity contribution in [2.24, 2.45) is 11.7 Å². The summed E-state index contributed by atoms with van der Waals surface area (Å²) in [6.07, 6.45) is 1.26. The SMILES string of the molecule is CC(C)N1CCC(CNC(N)=S)C1. The number of hydrogen-bond donors (Lipinski definition) is 2. The van der Waals surface area contributed by atoms with Gasteiger partial charge in [-0.25, -0.2) is 0 Å². The first-order chi connectivity index (χ1) is 6.09. The minimum Gasteiger partial charge on any atom is -0.376 e. The first-order valence-corrected chi connectivity index (χ1v) is 5.27. The zero-order valence-electron chi connectivity index (χ0n) is 8.42. The fourth-order valence-corrected chi connectivity index (χ4v) is 1.83. The maximum Gasteiger partial charge on any atom is 0.163 e. The van der Waals surface area contributed by atoms with Crippen molar-refractivity contribution in [2.75, 3.05) is 19.6 Å². The van der Waals surface area contributed by atoms with Gasteiger partial charge in [0, 0.05) is 19.1 Å². The first-order valence-electron chi connectivity index (χ1n) is 4.87. The molecule has 0 bridgehead atoms. The highest BCUT2D eigenvalue weighted by molar-refractivity contribution is 7.80. The Morgan fingerprint density at radius 3 is 2.85 bits per heavy atom. The molecule has 1 saturated heterocycles. The van der Waals surface area contributed by atoms with E-state index in [1.807, 2.05) is 0 Å². The van der Waals surface area contributed by atoms with Crippen molar-refractivity contribution in [3.8, 4) is 0 Å². The van der Waals surface area contributed by atoms with E-state index in [0.29, 0.717) is 17.1 Å². The minimum atomic E-state index is 0.419. The molecule has 76 valence electrons. The Bertz CT molecular complexity index is 182. The van der Waals surface area contributed by atoms with Crippen molar-refractivity contribution in [1.82, 2.24) is 10.2 Å². The largest absolute Gasteiger partial charge is 0.376 e. The topological polar surface area (TPSA) is 41.3 Å². The van der Waals surface area contributed by atoms with E-state index in [0.717, 1.165) is 6.54 Å². The van der Waals surface area contributed by atoms with Crippen LogP contribution in [0.1, 0.15) is 20.3 Å². The van der Waals surface area contributed by atoms with Crippen LogP contribution in [0.3, 0.4) is 0 Å². The standard InChI is InChI=1S/C9H19N3S/c1-7(2)12-4-3-8(6-12)5-11-9(10)13/h7-8H,3-6H2,1-2H3,(H3,10,11,13). The summed E-state index contributed by atoms with van der Waals surface area (Å²) in [6.45, 7) is 7.79. The Hall–Kier alpha value is -0.350. The maximum absolute atomic E-state index is 5.37. The molecule has 0 spiro atoms. The van der Waals surface area contributed by atoms with Crippen LogP contribution in [0.25, 0.3) is 0 Å². The van der Waals surface area contributed by atoms with Gasteiger partial charge in [0.2, 0.25) is 0 Å². The van der Waals surface area contributed by atoms with Gasteiger partial charge in [0.25, 0.3) is 0 Å². The van der Waals surface area contributed by atoms with Crippen LogP contribution in [0.15, 0.2) is 0 Å². The van der Waals surface area contributed by atoms with E-state index in [-0.39, 0.29) is 0 Å². The maximum atomic E-state index is 5.37. The Kier molecular flexibility index (Phi) is 3.93. The van der Waals surface area contributed by atoms with Crippen molar-refractivity contribution >= 4 is 17.3 Å². The van der Waals surface area contributed by atoms with Crippen molar-refractivity contribution in [3.05, 3.63) is 0 Å². The molecule has 0 radical (unpaired) electrons. The predicted octanol–water partition coefficient (Wildman–Crippen LogP) is 0.550. The molecule has 1 aliphatic heterocycles. The number of nitrogens with one attached hydrogen (secondary N) is 1. The van der Waals surface area contributed by atoms with E-state index >= 15 is 0 Å². The van der Waals surface area contributed by atoms with Crippen molar-refractivity contribution in [3.63, 3.8) is 0 Å². The molecule has 3 N–H and O–H groups in total. The molecule has 4 heteroatoms. The van der Waals surface area contributed by atoms with Gasteiger partial charge in [0.1, 0.15) is 0 Å². The van der Waals surface area contributed by atoms with E-state index in [2.05, 4.69) is 24.1 Å². The van der Waals surface area contributed by atoms with Crippen LogP contribution in [0, 0.1) is 5.92 Å². The smallest absolute Gasteiger partial charge is 0.163 e. The van der Waals surface area contributed by atoms with Gasteiger partial charge in [-0.3, -0.25) is 0 Å². The average Bonchev–Trinajstić information content (AvgIpc) is 2.48. The predicted molar refractivity (Wildman–Crippen MR) is 59.6 cm³/mol. The number of likely N-dealkylation sites (tertiary alicyclic amines) is 1. The van der Waals surface area contributed by atoms with E-state index in [1.165, 1.54) is 19.5 Å². The van der Waals surface area contributed by atoms with Gasteiger partial charge < -0.3 is 16.0 Å². The van der Waals surface area contributed by atoms with Gasteiger partial charge in [0.15, 0.2) is 5.11 Å². The second-order valence-electron chi connectivity index (χ2n) is 3.99. The second-order valence-corrected chi connectivity index (χ2v) is 4.43. The summed E-state index contributed by atoms with van der Waals surface area (Å²) < 4.78 is 0. The monoisotopic (exact) mass is 201 g/mol. The molecule has 3 nitrogen and oxygen atoms in total. The summed E-state index contributed by atoms with van der Waals surface area (Å²) in [5.74, 6) is 0.712. The molecule has 0 amide bonds. The molecule has 0 aromatic rings. The van der Waals surface area contributed by atoms with Crippen molar-refractivity contribution < 1.29 is 0 Å². The molecule has 1 rings (SSSR count). The normalized spacial score (nSPS) is 23.8. The third kappa shape index (κ3) is 3.48. The Morgan fingerprint density at radius 1 is 1.69 bits per heavy atom. The lowest BCUT2D eigenvalue weighted by atomic mass is 10.1. The van der Waals surface area contributed by atoms with E-state index in [9.17, 15) is 0 Å². The summed E-state index contributed by atoms with van der Waals surface area (Å²) >= 11 is 4.76. The van der Waals surface area contributed by atoms with Gasteiger partial charge in [0.05, 0.1) is 0 Å². The third-order valence-electron chi connectivity index (χ3n) is 2.61. The van der Waals surface area contributed by atoms with Gasteiger partial charge in [-0.05, 0) is 44.9 Å². The fraction of sp³-hybridized carbons (Fsp3) is 0.889. The van der Waals surface area contributed by atoms with Gasteiger partial charge in [-0.15, -0.1) is 0 Å². The molecule has 1 aliphatic rings. The van der Waals surface area contributed by atoms with E-state index in [4.69, 9.17) is 18.0 Å². The highest BCUT2D eigenvalue weighted by Gasteiger charge is 2.23. The third-order valence-corrected chi connectivity index (χ3v) is 2.76. The molecule has 0 aromatic carbocycles. The molecular weight excluding hydrogens is 182 g/mol. The molecule has 1 fully saturated rings. The van der Waals surface area contributed by atoms with Crippen LogP contribution in [-0.2, 0) is 0 Å². The lowest BCUT2D eigenvalue weighted by Gasteiger charge is -2.20. The summed E-state index contributed by atoms with van der Waals surface area (Å²) in [5, 5.41) is 3.45. The van der Waals surface area contributed by atoms with Crippen molar-refractivity contribution in [2.45, 2.75) is 26.3 Å². The minimum absolute atomic E-state index is 0.419. The molecule has 13 heavy (non-hydrogen) atoms. The number of thiocarbonyl (C=S) groups is 1. The fourth-order valence-electron chi connectivity index (χ4n) is 1.74. The molecule has 1 heterocycles. The number of nitrogens with zero attached hydrogens (tertiary/aromatic N) is 1. The molecule has 1 atom stereocenters. The highest BCUT2D eigenvalue weighted by atomic mass is 32.1. The summed E-state index contributed by atoms with van der Waals surface area (Å²) in [5.41, 5.74) is 5.37. The number of nitrogens with two attached hydrogens (primary N) is 1. The molecule has 0 aliphatic carbocycles. The van der Waals surface area contributed by atoms with Crippen LogP contribution in [0.4, 0.5) is 0 Å². The molecule has 1 unspecified atom stereocenters. The number of rotatable bonds is 3. The first kappa shape index (κ1) is 10.7.